The Morgan fingerprint density at radius 2 is 2.07 bits per heavy atom. The van der Waals surface area contributed by atoms with E-state index in [9.17, 15) is 9.59 Å². The number of benzene rings is 2. The lowest BCUT2D eigenvalue weighted by atomic mass is 9.98. The van der Waals surface area contributed by atoms with Gasteiger partial charge in [0.1, 0.15) is 0 Å². The van der Waals surface area contributed by atoms with E-state index >= 15 is 0 Å². The van der Waals surface area contributed by atoms with Crippen LogP contribution in [0.5, 0.6) is 0 Å². The van der Waals surface area contributed by atoms with Crippen molar-refractivity contribution in [1.82, 2.24) is 15.1 Å². The lowest BCUT2D eigenvalue weighted by molar-refractivity contribution is -0.116. The Hall–Kier alpha value is -3.12. The third kappa shape index (κ3) is 3.77. The van der Waals surface area contributed by atoms with Crippen molar-refractivity contribution in [1.29, 1.82) is 0 Å². The average molecular weight is 395 g/mol. The molecule has 0 fully saturated rings. The second-order valence-electron chi connectivity index (χ2n) is 6.79. The van der Waals surface area contributed by atoms with Gasteiger partial charge in [0.25, 0.3) is 5.91 Å². The van der Waals surface area contributed by atoms with Gasteiger partial charge in [-0.2, -0.15) is 5.10 Å². The summed E-state index contributed by atoms with van der Waals surface area (Å²) in [5.41, 5.74) is 4.04. The summed E-state index contributed by atoms with van der Waals surface area (Å²) in [6, 6.07) is 14.6. The Labute approximate surface area is 167 Å². The minimum Gasteiger partial charge on any atom is -0.344 e. The van der Waals surface area contributed by atoms with Gasteiger partial charge in [0.05, 0.1) is 11.7 Å². The van der Waals surface area contributed by atoms with E-state index in [1.165, 1.54) is 0 Å². The van der Waals surface area contributed by atoms with Crippen LogP contribution in [0.1, 0.15) is 41.0 Å². The van der Waals surface area contributed by atoms with E-state index in [0.717, 1.165) is 22.5 Å². The zero-order valence-corrected chi connectivity index (χ0v) is 16.0. The maximum Gasteiger partial charge on any atom is 0.272 e. The molecule has 1 aliphatic rings. The summed E-state index contributed by atoms with van der Waals surface area (Å²) in [7, 11) is 0. The fourth-order valence-electron chi connectivity index (χ4n) is 3.23. The van der Waals surface area contributed by atoms with Crippen molar-refractivity contribution < 1.29 is 9.59 Å². The summed E-state index contributed by atoms with van der Waals surface area (Å²) in [5, 5.41) is 10.8. The highest BCUT2D eigenvalue weighted by atomic mass is 35.5. The number of hydrogen-bond acceptors (Lipinski definition) is 3. The molecule has 6 nitrogen and oxygen atoms in total. The highest BCUT2D eigenvalue weighted by Gasteiger charge is 2.18. The first-order valence-electron chi connectivity index (χ1n) is 9.05. The van der Waals surface area contributed by atoms with Crippen molar-refractivity contribution in [3.63, 3.8) is 0 Å². The van der Waals surface area contributed by atoms with Gasteiger partial charge < -0.3 is 10.6 Å². The van der Waals surface area contributed by atoms with Crippen LogP contribution < -0.4 is 10.6 Å². The maximum atomic E-state index is 12.6. The predicted molar refractivity (Wildman–Crippen MR) is 108 cm³/mol. The van der Waals surface area contributed by atoms with Crippen LogP contribution in [0.15, 0.2) is 54.7 Å². The molecule has 2 aromatic carbocycles. The molecular weight excluding hydrogens is 376 g/mol. The molecule has 142 valence electrons. The number of halogens is 1. The first-order valence-corrected chi connectivity index (χ1v) is 9.42. The minimum atomic E-state index is -0.251. The molecule has 1 atom stereocenters. The second kappa shape index (κ2) is 7.48. The minimum absolute atomic E-state index is 0.0388. The molecule has 0 spiro atoms. The Morgan fingerprint density at radius 3 is 2.89 bits per heavy atom. The van der Waals surface area contributed by atoms with Crippen LogP contribution in [-0.2, 0) is 11.2 Å². The van der Waals surface area contributed by atoms with Crippen molar-refractivity contribution in [2.75, 3.05) is 5.32 Å². The molecule has 2 heterocycles. The average Bonchev–Trinajstić information content (AvgIpc) is 3.18. The molecule has 0 bridgehead atoms. The first kappa shape index (κ1) is 18.3. The van der Waals surface area contributed by atoms with Crippen LogP contribution in [0.25, 0.3) is 5.69 Å². The first-order chi connectivity index (χ1) is 13.5. The summed E-state index contributed by atoms with van der Waals surface area (Å²) in [6.07, 6.45) is 2.92. The number of aromatic nitrogens is 2. The Balaban J connectivity index is 1.47. The number of aryl methyl sites for hydroxylation is 1. The van der Waals surface area contributed by atoms with Crippen LogP contribution in [0.3, 0.4) is 0 Å². The standard InChI is InChI=1S/C21H19ClN4O2/c1-13(14-5-7-18-15(11-14)6-8-20(27)24-18)23-21(28)19-9-10-26(25-19)17-4-2-3-16(22)12-17/h2-5,7,9-13H,6,8H2,1H3,(H,23,28)(H,24,27)/t13-/m0/s1. The van der Waals surface area contributed by atoms with E-state index in [2.05, 4.69) is 15.7 Å². The Morgan fingerprint density at radius 1 is 1.21 bits per heavy atom. The van der Waals surface area contributed by atoms with E-state index in [4.69, 9.17) is 11.6 Å². The van der Waals surface area contributed by atoms with Crippen LogP contribution in [0.2, 0.25) is 5.02 Å². The van der Waals surface area contributed by atoms with E-state index in [1.54, 1.807) is 29.1 Å². The molecule has 0 saturated heterocycles. The van der Waals surface area contributed by atoms with E-state index < -0.39 is 0 Å². The van der Waals surface area contributed by atoms with Crippen LogP contribution in [-0.4, -0.2) is 21.6 Å². The molecular formula is C21H19ClN4O2. The van der Waals surface area contributed by atoms with Crippen molar-refractivity contribution in [2.45, 2.75) is 25.8 Å². The predicted octanol–water partition coefficient (Wildman–Crippen LogP) is 3.90. The van der Waals surface area contributed by atoms with E-state index in [0.29, 0.717) is 23.6 Å². The highest BCUT2D eigenvalue weighted by Crippen LogP contribution is 2.26. The van der Waals surface area contributed by atoms with E-state index in [-0.39, 0.29) is 17.9 Å². The third-order valence-electron chi connectivity index (χ3n) is 4.77. The zero-order chi connectivity index (χ0) is 19.7. The summed E-state index contributed by atoms with van der Waals surface area (Å²) in [6.45, 7) is 1.93. The van der Waals surface area contributed by atoms with Gasteiger partial charge in [0.15, 0.2) is 5.69 Å². The van der Waals surface area contributed by atoms with Crippen molar-refractivity contribution in [2.24, 2.45) is 0 Å². The van der Waals surface area contributed by atoms with Crippen LogP contribution >= 0.6 is 11.6 Å². The number of rotatable bonds is 4. The molecule has 1 aliphatic heterocycles. The summed E-state index contributed by atoms with van der Waals surface area (Å²) in [4.78, 5) is 24.1. The fraction of sp³-hybridized carbons (Fsp3) is 0.190. The number of carbonyl (C=O) groups excluding carboxylic acids is 2. The molecule has 0 radical (unpaired) electrons. The van der Waals surface area contributed by atoms with Crippen molar-refractivity contribution >= 4 is 29.1 Å². The Kier molecular flexibility index (Phi) is 4.88. The summed E-state index contributed by atoms with van der Waals surface area (Å²) < 4.78 is 1.62. The molecule has 0 aliphatic carbocycles. The molecule has 28 heavy (non-hydrogen) atoms. The molecule has 0 unspecified atom stereocenters. The Bertz CT molecular complexity index is 1060. The van der Waals surface area contributed by atoms with Gasteiger partial charge in [-0.15, -0.1) is 0 Å². The number of hydrogen-bond donors (Lipinski definition) is 2. The number of nitrogens with zero attached hydrogens (tertiary/aromatic N) is 2. The topological polar surface area (TPSA) is 76.0 Å². The van der Waals surface area contributed by atoms with Gasteiger partial charge in [0, 0.05) is 23.3 Å². The molecule has 2 N–H and O–H groups in total. The number of amides is 2. The number of anilines is 1. The van der Waals surface area contributed by atoms with Gasteiger partial charge in [0.2, 0.25) is 5.91 Å². The largest absolute Gasteiger partial charge is 0.344 e. The summed E-state index contributed by atoms with van der Waals surface area (Å²) >= 11 is 6.02. The molecule has 0 saturated carbocycles. The molecule has 7 heteroatoms. The van der Waals surface area contributed by atoms with Gasteiger partial charge in [-0.1, -0.05) is 29.8 Å². The molecule has 3 aromatic rings. The van der Waals surface area contributed by atoms with Gasteiger partial charge in [-0.05, 0) is 54.8 Å². The quantitative estimate of drug-likeness (QED) is 0.704. The second-order valence-corrected chi connectivity index (χ2v) is 7.22. The number of nitrogens with one attached hydrogen (secondary N) is 2. The molecule has 4 rings (SSSR count). The van der Waals surface area contributed by atoms with E-state index in [1.807, 2.05) is 37.3 Å². The monoisotopic (exact) mass is 394 g/mol. The third-order valence-corrected chi connectivity index (χ3v) is 5.00. The van der Waals surface area contributed by atoms with Gasteiger partial charge in [-0.25, -0.2) is 4.68 Å². The number of fused-ring (bicyclic) bond motifs is 1. The van der Waals surface area contributed by atoms with Gasteiger partial charge >= 0.3 is 0 Å². The lowest BCUT2D eigenvalue weighted by Crippen LogP contribution is -2.27. The van der Waals surface area contributed by atoms with Crippen LogP contribution in [0, 0.1) is 0 Å². The SMILES string of the molecule is C[C@H](NC(=O)c1ccn(-c2cccc(Cl)c2)n1)c1ccc2c(c1)CCC(=O)N2. The number of carbonyl (C=O) groups is 2. The maximum absolute atomic E-state index is 12.6. The molecule has 1 aromatic heterocycles. The van der Waals surface area contributed by atoms with Crippen molar-refractivity contribution in [3.8, 4) is 5.69 Å². The summed E-state index contributed by atoms with van der Waals surface area (Å²) in [5.74, 6) is -0.212. The fourth-order valence-corrected chi connectivity index (χ4v) is 3.42. The zero-order valence-electron chi connectivity index (χ0n) is 15.3. The van der Waals surface area contributed by atoms with Crippen LogP contribution in [0.4, 0.5) is 5.69 Å². The highest BCUT2D eigenvalue weighted by molar-refractivity contribution is 6.30. The van der Waals surface area contributed by atoms with Gasteiger partial charge in [-0.3, -0.25) is 9.59 Å². The molecule has 2 amide bonds. The normalized spacial score (nSPS) is 14.1. The smallest absolute Gasteiger partial charge is 0.272 e. The lowest BCUT2D eigenvalue weighted by Gasteiger charge is -2.20. The van der Waals surface area contributed by atoms with Crippen molar-refractivity contribution in [3.05, 3.63) is 76.6 Å².